The van der Waals surface area contributed by atoms with E-state index in [1.807, 2.05) is 0 Å². The molecule has 0 aliphatic carbocycles. The van der Waals surface area contributed by atoms with Crippen LogP contribution < -0.4 is 15.4 Å². The number of aromatic nitrogens is 1. The monoisotopic (exact) mass is 363 g/mol. The molecule has 0 saturated carbocycles. The van der Waals surface area contributed by atoms with Gasteiger partial charge in [-0.3, -0.25) is 9.59 Å². The Morgan fingerprint density at radius 2 is 2.08 bits per heavy atom. The lowest BCUT2D eigenvalue weighted by Gasteiger charge is -2.19. The molecule has 0 bridgehead atoms. The third-order valence-electron chi connectivity index (χ3n) is 3.55. The first-order valence-corrected chi connectivity index (χ1v) is 8.65. The van der Waals surface area contributed by atoms with Gasteiger partial charge in [-0.05, 0) is 46.1 Å². The normalized spacial score (nSPS) is 17.7. The van der Waals surface area contributed by atoms with Gasteiger partial charge in [-0.15, -0.1) is 0 Å². The second-order valence-corrected chi connectivity index (χ2v) is 7.05. The number of nitrogens with zero attached hydrogens (tertiary/aromatic N) is 1. The minimum Gasteiger partial charge on any atom is -0.466 e. The molecular weight excluding hydrogens is 338 g/mol. The molecular formula is C18H25N3O5. The number of hydrogen-bond acceptors (Lipinski definition) is 6. The summed E-state index contributed by atoms with van der Waals surface area (Å²) in [6, 6.07) is 4.08. The third kappa shape index (κ3) is 6.34. The molecule has 1 atom stereocenters. The van der Waals surface area contributed by atoms with Crippen LogP contribution in [-0.2, 0) is 14.3 Å². The fourth-order valence-corrected chi connectivity index (χ4v) is 2.43. The van der Waals surface area contributed by atoms with Crippen molar-refractivity contribution in [2.45, 2.75) is 51.7 Å². The zero-order valence-corrected chi connectivity index (χ0v) is 15.3. The van der Waals surface area contributed by atoms with E-state index in [1.165, 1.54) is 6.07 Å². The van der Waals surface area contributed by atoms with Crippen molar-refractivity contribution in [3.8, 4) is 5.88 Å². The van der Waals surface area contributed by atoms with E-state index in [0.717, 1.165) is 12.8 Å². The van der Waals surface area contributed by atoms with Crippen molar-refractivity contribution in [1.82, 2.24) is 15.6 Å². The maximum Gasteiger partial charge on any atom is 0.344 e. The van der Waals surface area contributed by atoms with Crippen LogP contribution in [0.2, 0.25) is 0 Å². The van der Waals surface area contributed by atoms with Crippen molar-refractivity contribution in [2.24, 2.45) is 0 Å². The van der Waals surface area contributed by atoms with Gasteiger partial charge in [-0.2, -0.15) is 0 Å². The number of rotatable bonds is 5. The fraction of sp³-hybridized carbons (Fsp3) is 0.556. The molecule has 0 spiro atoms. The highest BCUT2D eigenvalue weighted by Gasteiger charge is 2.23. The van der Waals surface area contributed by atoms with E-state index in [4.69, 9.17) is 9.47 Å². The Morgan fingerprint density at radius 1 is 1.31 bits per heavy atom. The molecule has 1 aromatic rings. The number of pyridine rings is 1. The predicted octanol–water partition coefficient (Wildman–Crippen LogP) is 1.20. The van der Waals surface area contributed by atoms with E-state index in [0.29, 0.717) is 13.0 Å². The molecule has 1 aliphatic rings. The number of nitrogens with one attached hydrogen (secondary N) is 2. The molecule has 2 heterocycles. The summed E-state index contributed by atoms with van der Waals surface area (Å²) >= 11 is 0. The van der Waals surface area contributed by atoms with Crippen LogP contribution in [0.5, 0.6) is 5.88 Å². The van der Waals surface area contributed by atoms with Crippen LogP contribution in [-0.4, -0.2) is 47.6 Å². The van der Waals surface area contributed by atoms with Crippen molar-refractivity contribution in [3.05, 3.63) is 23.9 Å². The smallest absolute Gasteiger partial charge is 0.344 e. The summed E-state index contributed by atoms with van der Waals surface area (Å²) in [5, 5.41) is 5.45. The maximum absolute atomic E-state index is 12.3. The van der Waals surface area contributed by atoms with Gasteiger partial charge in [0.15, 0.2) is 6.61 Å². The highest BCUT2D eigenvalue weighted by Crippen LogP contribution is 2.11. The van der Waals surface area contributed by atoms with Gasteiger partial charge in [0.2, 0.25) is 11.8 Å². The predicted molar refractivity (Wildman–Crippen MR) is 93.7 cm³/mol. The number of hydrogen-bond donors (Lipinski definition) is 2. The van der Waals surface area contributed by atoms with Gasteiger partial charge in [0.25, 0.3) is 5.91 Å². The summed E-state index contributed by atoms with van der Waals surface area (Å²) in [4.78, 5) is 40.0. The van der Waals surface area contributed by atoms with Crippen molar-refractivity contribution in [2.75, 3.05) is 13.2 Å². The molecule has 8 heteroatoms. The molecule has 0 aromatic carbocycles. The van der Waals surface area contributed by atoms with E-state index in [-0.39, 0.29) is 24.1 Å². The SMILES string of the molecule is CC(C)(C)OC(=O)COc1cccc(C(=O)NC2CCCCNC2=O)n1. The van der Waals surface area contributed by atoms with Gasteiger partial charge >= 0.3 is 5.97 Å². The van der Waals surface area contributed by atoms with Gasteiger partial charge in [-0.1, -0.05) is 6.07 Å². The van der Waals surface area contributed by atoms with E-state index in [2.05, 4.69) is 15.6 Å². The highest BCUT2D eigenvalue weighted by molar-refractivity contribution is 5.96. The first kappa shape index (κ1) is 19.7. The van der Waals surface area contributed by atoms with Crippen LogP contribution in [0.15, 0.2) is 18.2 Å². The van der Waals surface area contributed by atoms with E-state index in [9.17, 15) is 14.4 Å². The average Bonchev–Trinajstić information content (AvgIpc) is 2.76. The summed E-state index contributed by atoms with van der Waals surface area (Å²) in [6.45, 7) is 5.60. The molecule has 2 amide bonds. The van der Waals surface area contributed by atoms with Gasteiger partial charge < -0.3 is 20.1 Å². The molecule has 8 nitrogen and oxygen atoms in total. The summed E-state index contributed by atoms with van der Waals surface area (Å²) in [5.41, 5.74) is -0.488. The quantitative estimate of drug-likeness (QED) is 0.762. The summed E-state index contributed by atoms with van der Waals surface area (Å²) in [6.07, 6.45) is 2.34. The summed E-state index contributed by atoms with van der Waals surface area (Å²) in [7, 11) is 0. The van der Waals surface area contributed by atoms with Crippen LogP contribution in [0.1, 0.15) is 50.5 Å². The van der Waals surface area contributed by atoms with Crippen LogP contribution >= 0.6 is 0 Å². The zero-order valence-electron chi connectivity index (χ0n) is 15.3. The van der Waals surface area contributed by atoms with E-state index < -0.39 is 23.5 Å². The Bertz CT molecular complexity index is 669. The van der Waals surface area contributed by atoms with Crippen molar-refractivity contribution in [1.29, 1.82) is 0 Å². The van der Waals surface area contributed by atoms with Gasteiger partial charge in [0.1, 0.15) is 17.3 Å². The Balaban J connectivity index is 1.94. The van der Waals surface area contributed by atoms with Gasteiger partial charge in [0.05, 0.1) is 0 Å². The molecule has 2 rings (SSSR count). The van der Waals surface area contributed by atoms with Crippen LogP contribution in [0, 0.1) is 0 Å². The average molecular weight is 363 g/mol. The van der Waals surface area contributed by atoms with Crippen LogP contribution in [0.25, 0.3) is 0 Å². The number of esters is 1. The molecule has 1 fully saturated rings. The largest absolute Gasteiger partial charge is 0.466 e. The Morgan fingerprint density at radius 3 is 2.81 bits per heavy atom. The van der Waals surface area contributed by atoms with Gasteiger partial charge in [-0.25, -0.2) is 9.78 Å². The summed E-state index contributed by atoms with van der Waals surface area (Å²) < 4.78 is 10.4. The lowest BCUT2D eigenvalue weighted by molar-refractivity contribution is -0.157. The van der Waals surface area contributed by atoms with Crippen molar-refractivity contribution in [3.63, 3.8) is 0 Å². The van der Waals surface area contributed by atoms with E-state index in [1.54, 1.807) is 32.9 Å². The first-order chi connectivity index (χ1) is 12.2. The topological polar surface area (TPSA) is 107 Å². The van der Waals surface area contributed by atoms with E-state index >= 15 is 0 Å². The number of ether oxygens (including phenoxy) is 2. The Labute approximate surface area is 152 Å². The number of carbonyl (C=O) groups is 3. The molecule has 0 radical (unpaired) electrons. The first-order valence-electron chi connectivity index (χ1n) is 8.65. The highest BCUT2D eigenvalue weighted by atomic mass is 16.6. The number of amides is 2. The minimum absolute atomic E-state index is 0.115. The lowest BCUT2D eigenvalue weighted by atomic mass is 10.1. The Hall–Kier alpha value is -2.64. The number of carbonyl (C=O) groups excluding carboxylic acids is 3. The molecule has 26 heavy (non-hydrogen) atoms. The summed E-state index contributed by atoms with van der Waals surface area (Å²) in [5.74, 6) is -1.04. The molecule has 1 aromatic heterocycles. The molecule has 1 saturated heterocycles. The van der Waals surface area contributed by atoms with Crippen LogP contribution in [0.4, 0.5) is 0 Å². The zero-order chi connectivity index (χ0) is 19.2. The molecule has 2 N–H and O–H groups in total. The van der Waals surface area contributed by atoms with Crippen molar-refractivity contribution < 1.29 is 23.9 Å². The fourth-order valence-electron chi connectivity index (χ4n) is 2.43. The third-order valence-corrected chi connectivity index (χ3v) is 3.55. The second kappa shape index (κ2) is 8.64. The standard InChI is InChI=1S/C18H25N3O5/c1-18(2,3)26-15(22)11-25-14-9-6-8-13(20-14)17(24)21-12-7-4-5-10-19-16(12)23/h6,8-9,12H,4-5,7,10-11H2,1-3H3,(H,19,23)(H,21,24). The maximum atomic E-state index is 12.3. The molecule has 142 valence electrons. The minimum atomic E-state index is -0.602. The molecule has 1 aliphatic heterocycles. The van der Waals surface area contributed by atoms with Crippen molar-refractivity contribution >= 4 is 17.8 Å². The second-order valence-electron chi connectivity index (χ2n) is 7.05. The lowest BCUT2D eigenvalue weighted by Crippen LogP contribution is -2.45. The molecule has 1 unspecified atom stereocenters. The Kier molecular flexibility index (Phi) is 6.54. The van der Waals surface area contributed by atoms with Gasteiger partial charge in [0, 0.05) is 12.6 Å². The van der Waals surface area contributed by atoms with Crippen LogP contribution in [0.3, 0.4) is 0 Å².